The first-order chi connectivity index (χ1) is 4.46. The maximum Gasteiger partial charge on any atom is 0.127 e. The zero-order chi connectivity index (χ0) is 8.31. The second kappa shape index (κ2) is 5.02. The smallest absolute Gasteiger partial charge is 0.127 e. The standard InChI is InChI=1S/C4HCl5S/c5-1(3(7)8)2(6)4(9)10/h10H. The molecule has 0 heterocycles. The molecular weight excluding hydrogens is 257 g/mol. The maximum absolute atomic E-state index is 5.47. The molecule has 0 atom stereocenters. The van der Waals surface area contributed by atoms with Gasteiger partial charge in [0.15, 0.2) is 0 Å². The Morgan fingerprint density at radius 3 is 1.30 bits per heavy atom. The zero-order valence-corrected chi connectivity index (χ0v) is 9.01. The summed E-state index contributed by atoms with van der Waals surface area (Å²) in [5.41, 5.74) is 0. The average molecular weight is 258 g/mol. The molecule has 10 heavy (non-hydrogen) atoms. The van der Waals surface area contributed by atoms with E-state index in [4.69, 9.17) is 58.0 Å². The third-order valence-electron chi connectivity index (χ3n) is 0.540. The van der Waals surface area contributed by atoms with Crippen molar-refractivity contribution in [3.63, 3.8) is 0 Å². The number of hydrogen-bond acceptors (Lipinski definition) is 1. The fraction of sp³-hybridized carbons (Fsp3) is 0. The van der Waals surface area contributed by atoms with Gasteiger partial charge in [0, 0.05) is 0 Å². The Kier molecular flexibility index (Phi) is 5.66. The molecule has 0 saturated carbocycles. The van der Waals surface area contributed by atoms with Crippen LogP contribution in [0.15, 0.2) is 18.9 Å². The van der Waals surface area contributed by atoms with Gasteiger partial charge >= 0.3 is 0 Å². The van der Waals surface area contributed by atoms with Gasteiger partial charge in [-0.25, -0.2) is 0 Å². The van der Waals surface area contributed by atoms with Crippen LogP contribution in [0.4, 0.5) is 0 Å². The molecule has 0 aromatic heterocycles. The Hall–Kier alpha value is 1.28. The van der Waals surface area contributed by atoms with Gasteiger partial charge in [0.2, 0.25) is 0 Å². The number of rotatable bonds is 1. The third-order valence-corrected chi connectivity index (χ3v) is 2.60. The van der Waals surface area contributed by atoms with Crippen molar-refractivity contribution in [2.45, 2.75) is 0 Å². The first-order valence-corrected chi connectivity index (χ1v) is 4.26. The highest BCUT2D eigenvalue weighted by atomic mass is 35.5. The van der Waals surface area contributed by atoms with Gasteiger partial charge in [0.05, 0.1) is 14.4 Å². The summed E-state index contributed by atoms with van der Waals surface area (Å²) in [5.74, 6) is 0. The van der Waals surface area contributed by atoms with E-state index in [2.05, 4.69) is 12.6 Å². The van der Waals surface area contributed by atoms with Crippen molar-refractivity contribution in [3.05, 3.63) is 18.9 Å². The largest absolute Gasteiger partial charge is 0.130 e. The fourth-order valence-corrected chi connectivity index (χ4v) is 0.969. The van der Waals surface area contributed by atoms with Crippen LogP contribution in [-0.4, -0.2) is 0 Å². The van der Waals surface area contributed by atoms with Crippen molar-refractivity contribution in [1.82, 2.24) is 0 Å². The molecule has 0 aromatic carbocycles. The highest BCUT2D eigenvalue weighted by Gasteiger charge is 2.06. The molecule has 0 aliphatic rings. The molecule has 0 nitrogen and oxygen atoms in total. The lowest BCUT2D eigenvalue weighted by atomic mass is 10.6. The summed E-state index contributed by atoms with van der Waals surface area (Å²) >= 11 is 30.5. The number of allylic oxidation sites excluding steroid dienone is 2. The monoisotopic (exact) mass is 256 g/mol. The number of halogens is 5. The maximum atomic E-state index is 5.47. The molecule has 6 heteroatoms. The van der Waals surface area contributed by atoms with Gasteiger partial charge in [-0.2, -0.15) is 0 Å². The van der Waals surface area contributed by atoms with Crippen LogP contribution in [0.5, 0.6) is 0 Å². The summed E-state index contributed by atoms with van der Waals surface area (Å²) in [7, 11) is 0. The summed E-state index contributed by atoms with van der Waals surface area (Å²) in [4.78, 5) is 0. The zero-order valence-electron chi connectivity index (χ0n) is 4.34. The summed E-state index contributed by atoms with van der Waals surface area (Å²) in [5, 5.41) is 0.0247. The van der Waals surface area contributed by atoms with Crippen LogP contribution in [0.3, 0.4) is 0 Å². The Morgan fingerprint density at radius 2 is 1.20 bits per heavy atom. The summed E-state index contributed by atoms with van der Waals surface area (Å²) < 4.78 is -0.0932. The Bertz CT molecular complexity index is 164. The van der Waals surface area contributed by atoms with Crippen molar-refractivity contribution in [3.8, 4) is 0 Å². The number of hydrogen-bond donors (Lipinski definition) is 1. The van der Waals surface area contributed by atoms with E-state index in [1.54, 1.807) is 0 Å². The van der Waals surface area contributed by atoms with Gasteiger partial charge in [-0.1, -0.05) is 58.0 Å². The molecule has 0 spiro atoms. The predicted octanol–water partition coefficient (Wildman–Crippen LogP) is 4.45. The molecule has 0 unspecified atom stereocenters. The van der Waals surface area contributed by atoms with E-state index in [1.165, 1.54) is 0 Å². The van der Waals surface area contributed by atoms with Gasteiger partial charge in [0.1, 0.15) is 4.49 Å². The predicted molar refractivity (Wildman–Crippen MR) is 52.3 cm³/mol. The molecule has 58 valence electrons. The minimum Gasteiger partial charge on any atom is -0.130 e. The second-order valence-corrected chi connectivity index (χ2v) is 3.97. The molecule has 0 aliphatic carbocycles. The summed E-state index contributed by atoms with van der Waals surface area (Å²) in [6, 6.07) is 0. The molecule has 0 aliphatic heterocycles. The summed E-state index contributed by atoms with van der Waals surface area (Å²) in [6.07, 6.45) is 0. The van der Waals surface area contributed by atoms with Crippen LogP contribution in [0, 0.1) is 0 Å². The fourth-order valence-electron chi connectivity index (χ4n) is 0.174. The second-order valence-electron chi connectivity index (χ2n) is 1.18. The molecular formula is C4HCl5S. The normalized spacial score (nSPS) is 12.6. The van der Waals surface area contributed by atoms with E-state index in [1.807, 2.05) is 0 Å². The Balaban J connectivity index is 4.71. The molecule has 0 amide bonds. The van der Waals surface area contributed by atoms with Crippen LogP contribution in [-0.2, 0) is 0 Å². The minimum atomic E-state index is -0.140. The average Bonchev–Trinajstić information content (AvgIpc) is 1.84. The van der Waals surface area contributed by atoms with E-state index in [-0.39, 0.29) is 18.9 Å². The van der Waals surface area contributed by atoms with Crippen LogP contribution < -0.4 is 0 Å². The highest BCUT2D eigenvalue weighted by Crippen LogP contribution is 2.32. The molecule has 0 saturated heterocycles. The Morgan fingerprint density at radius 1 is 0.800 bits per heavy atom. The molecule has 0 N–H and O–H groups in total. The molecule has 0 radical (unpaired) electrons. The van der Waals surface area contributed by atoms with Gasteiger partial charge in [-0.05, 0) is 0 Å². The lowest BCUT2D eigenvalue weighted by molar-refractivity contribution is 1.85. The van der Waals surface area contributed by atoms with E-state index in [9.17, 15) is 0 Å². The molecule has 0 aromatic rings. The van der Waals surface area contributed by atoms with E-state index in [0.29, 0.717) is 0 Å². The lowest BCUT2D eigenvalue weighted by Gasteiger charge is -1.95. The van der Waals surface area contributed by atoms with Crippen molar-refractivity contribution in [2.24, 2.45) is 0 Å². The van der Waals surface area contributed by atoms with Crippen molar-refractivity contribution in [1.29, 1.82) is 0 Å². The van der Waals surface area contributed by atoms with Gasteiger partial charge in [-0.15, -0.1) is 12.6 Å². The van der Waals surface area contributed by atoms with Crippen LogP contribution in [0.25, 0.3) is 0 Å². The van der Waals surface area contributed by atoms with Crippen molar-refractivity contribution >= 4 is 70.6 Å². The quantitative estimate of drug-likeness (QED) is 0.521. The van der Waals surface area contributed by atoms with E-state index >= 15 is 0 Å². The van der Waals surface area contributed by atoms with Crippen LogP contribution in [0.1, 0.15) is 0 Å². The first kappa shape index (κ1) is 11.3. The van der Waals surface area contributed by atoms with E-state index in [0.717, 1.165) is 0 Å². The van der Waals surface area contributed by atoms with Crippen LogP contribution in [0.2, 0.25) is 0 Å². The van der Waals surface area contributed by atoms with Gasteiger partial charge < -0.3 is 0 Å². The Labute approximate surface area is 89.1 Å². The summed E-state index contributed by atoms with van der Waals surface area (Å²) in [6.45, 7) is 0. The topological polar surface area (TPSA) is 0 Å². The minimum absolute atomic E-state index is 0.00926. The third kappa shape index (κ3) is 3.61. The molecule has 0 bridgehead atoms. The van der Waals surface area contributed by atoms with Crippen molar-refractivity contribution < 1.29 is 0 Å². The van der Waals surface area contributed by atoms with Crippen LogP contribution >= 0.6 is 70.6 Å². The molecule has 0 rings (SSSR count). The first-order valence-electron chi connectivity index (χ1n) is 1.92. The van der Waals surface area contributed by atoms with Crippen molar-refractivity contribution in [2.75, 3.05) is 0 Å². The van der Waals surface area contributed by atoms with Gasteiger partial charge in [-0.3, -0.25) is 0 Å². The number of thiol groups is 1. The molecule has 0 fully saturated rings. The lowest BCUT2D eigenvalue weighted by Crippen LogP contribution is -1.73. The SMILES string of the molecule is SC(Cl)=C(Cl)C(Cl)=C(Cl)Cl. The van der Waals surface area contributed by atoms with Gasteiger partial charge in [0.25, 0.3) is 0 Å². The highest BCUT2D eigenvalue weighted by molar-refractivity contribution is 7.86. The van der Waals surface area contributed by atoms with E-state index < -0.39 is 0 Å².